The maximum Gasteiger partial charge on any atom is 0.336 e. The number of ether oxygens (including phenoxy) is 1. The largest absolute Gasteiger partial charge is 0.466 e. The number of halogens is 1. The van der Waals surface area contributed by atoms with Crippen molar-refractivity contribution in [3.8, 4) is 0 Å². The summed E-state index contributed by atoms with van der Waals surface area (Å²) in [5.74, 6) is -1.29. The summed E-state index contributed by atoms with van der Waals surface area (Å²) in [6.45, 7) is 1.77. The number of non-ortho nitro benzene ring substituents is 1. The van der Waals surface area contributed by atoms with Crippen molar-refractivity contribution in [1.82, 2.24) is 5.32 Å². The molecule has 2 aromatic carbocycles. The van der Waals surface area contributed by atoms with Crippen LogP contribution in [-0.4, -0.2) is 23.8 Å². The lowest BCUT2D eigenvalue weighted by atomic mass is 9.71. The van der Waals surface area contributed by atoms with Gasteiger partial charge in [0.1, 0.15) is 0 Å². The molecule has 7 nitrogen and oxygen atoms in total. The number of hydrogen-bond donors (Lipinski definition) is 1. The van der Waals surface area contributed by atoms with Crippen LogP contribution in [0, 0.1) is 10.1 Å². The topological polar surface area (TPSA) is 98.5 Å². The molecule has 0 unspecified atom stereocenters. The van der Waals surface area contributed by atoms with E-state index in [9.17, 15) is 19.7 Å². The van der Waals surface area contributed by atoms with E-state index in [2.05, 4.69) is 5.32 Å². The average Bonchev–Trinajstić information content (AvgIpc) is 2.78. The van der Waals surface area contributed by atoms with E-state index in [-0.39, 0.29) is 17.4 Å². The minimum atomic E-state index is -0.654. The van der Waals surface area contributed by atoms with Gasteiger partial charge in [0, 0.05) is 46.5 Å². The van der Waals surface area contributed by atoms with Gasteiger partial charge in [-0.05, 0) is 42.5 Å². The van der Waals surface area contributed by atoms with Crippen LogP contribution >= 0.6 is 11.6 Å². The zero-order chi connectivity index (χ0) is 23.0. The Kier molecular flexibility index (Phi) is 5.84. The Bertz CT molecular complexity index is 1170. The zero-order valence-corrected chi connectivity index (χ0v) is 18.3. The van der Waals surface area contributed by atoms with E-state index >= 15 is 0 Å². The Balaban J connectivity index is 1.79. The number of methoxy groups -OCH3 is 1. The number of hydrogen-bond acceptors (Lipinski definition) is 6. The first-order chi connectivity index (χ1) is 15.3. The normalized spacial score (nSPS) is 20.5. The van der Waals surface area contributed by atoms with Gasteiger partial charge in [0.25, 0.3) is 5.69 Å². The summed E-state index contributed by atoms with van der Waals surface area (Å²) in [6.07, 6.45) is 0.886. The van der Waals surface area contributed by atoms with Gasteiger partial charge in [-0.15, -0.1) is 0 Å². The summed E-state index contributed by atoms with van der Waals surface area (Å²) >= 11 is 6.01. The van der Waals surface area contributed by atoms with Gasteiger partial charge < -0.3 is 10.1 Å². The zero-order valence-electron chi connectivity index (χ0n) is 17.6. The molecule has 8 heteroatoms. The number of esters is 1. The second-order valence-electron chi connectivity index (χ2n) is 7.91. The van der Waals surface area contributed by atoms with Crippen molar-refractivity contribution in [2.24, 2.45) is 0 Å². The van der Waals surface area contributed by atoms with E-state index in [1.54, 1.807) is 31.2 Å². The summed E-state index contributed by atoms with van der Waals surface area (Å²) < 4.78 is 5.00. The van der Waals surface area contributed by atoms with Crippen LogP contribution in [0.1, 0.15) is 42.7 Å². The Labute approximate surface area is 189 Å². The Morgan fingerprint density at radius 3 is 2.31 bits per heavy atom. The number of benzene rings is 2. The molecular weight excluding hydrogens is 432 g/mol. The first-order valence-corrected chi connectivity index (χ1v) is 10.5. The minimum Gasteiger partial charge on any atom is -0.466 e. The molecular formula is C24H21ClN2O5. The molecule has 1 aliphatic heterocycles. The Hall–Kier alpha value is -3.45. The molecule has 164 valence electrons. The number of nitrogens with one attached hydrogen (secondary N) is 1. The van der Waals surface area contributed by atoms with Crippen LogP contribution < -0.4 is 5.32 Å². The van der Waals surface area contributed by atoms with E-state index in [0.29, 0.717) is 40.3 Å². The van der Waals surface area contributed by atoms with Crippen LogP contribution in [0.4, 0.5) is 5.69 Å². The molecule has 2 aliphatic rings. The standard InChI is InChI=1S/C24H21ClN2O5/c1-13-21(24(29)32-2)22(15-5-9-18(10-6-15)27(30)31)23-19(26-13)11-16(12-20(23)28)14-3-7-17(25)8-4-14/h3-10,16,22,26H,11-12H2,1-2H3/t16-,22+/m1/s1. The van der Waals surface area contributed by atoms with Crippen molar-refractivity contribution >= 4 is 29.0 Å². The van der Waals surface area contributed by atoms with Crippen LogP contribution in [0.15, 0.2) is 71.1 Å². The smallest absolute Gasteiger partial charge is 0.336 e. The van der Waals surface area contributed by atoms with Crippen molar-refractivity contribution in [3.63, 3.8) is 0 Å². The van der Waals surface area contributed by atoms with Gasteiger partial charge in [-0.25, -0.2) is 4.79 Å². The number of nitro groups is 1. The summed E-state index contributed by atoms with van der Waals surface area (Å²) in [7, 11) is 1.29. The predicted molar refractivity (Wildman–Crippen MR) is 119 cm³/mol. The molecule has 0 amide bonds. The molecule has 1 N–H and O–H groups in total. The van der Waals surface area contributed by atoms with Gasteiger partial charge in [-0.2, -0.15) is 0 Å². The highest BCUT2D eigenvalue weighted by atomic mass is 35.5. The maximum atomic E-state index is 13.4. The molecule has 0 saturated carbocycles. The number of carbonyl (C=O) groups excluding carboxylic acids is 2. The van der Waals surface area contributed by atoms with Gasteiger partial charge in [0.15, 0.2) is 5.78 Å². The fraction of sp³-hybridized carbons (Fsp3) is 0.250. The first-order valence-electron chi connectivity index (χ1n) is 10.1. The van der Waals surface area contributed by atoms with Gasteiger partial charge in [0.2, 0.25) is 0 Å². The van der Waals surface area contributed by atoms with Gasteiger partial charge in [0.05, 0.1) is 17.6 Å². The average molecular weight is 453 g/mol. The highest BCUT2D eigenvalue weighted by Crippen LogP contribution is 2.45. The Morgan fingerprint density at radius 1 is 1.09 bits per heavy atom. The number of carbonyl (C=O) groups is 2. The summed E-state index contributed by atoms with van der Waals surface area (Å²) in [4.78, 5) is 36.6. The maximum absolute atomic E-state index is 13.4. The summed E-state index contributed by atoms with van der Waals surface area (Å²) in [5.41, 5.74) is 3.78. The number of ketones is 1. The first kappa shape index (κ1) is 21.8. The van der Waals surface area contributed by atoms with Crippen LogP contribution in [0.25, 0.3) is 0 Å². The van der Waals surface area contributed by atoms with Crippen molar-refractivity contribution in [3.05, 3.63) is 97.3 Å². The lowest BCUT2D eigenvalue weighted by Crippen LogP contribution is -2.36. The third-order valence-electron chi connectivity index (χ3n) is 6.01. The molecule has 4 rings (SSSR count). The number of rotatable bonds is 4. The van der Waals surface area contributed by atoms with Crippen molar-refractivity contribution in [2.75, 3.05) is 7.11 Å². The molecule has 0 radical (unpaired) electrons. The fourth-order valence-corrected chi connectivity index (χ4v) is 4.64. The Morgan fingerprint density at radius 2 is 1.72 bits per heavy atom. The third kappa shape index (κ3) is 3.91. The number of dihydropyridines is 1. The van der Waals surface area contributed by atoms with Crippen LogP contribution in [-0.2, 0) is 14.3 Å². The van der Waals surface area contributed by atoms with Gasteiger partial charge in [-0.3, -0.25) is 14.9 Å². The molecule has 0 aromatic heterocycles. The number of Topliss-reactive ketones (excluding diaryl/α,β-unsaturated/α-hetero) is 1. The number of allylic oxidation sites excluding steroid dienone is 3. The van der Waals surface area contributed by atoms with E-state index in [0.717, 1.165) is 11.3 Å². The second-order valence-corrected chi connectivity index (χ2v) is 8.35. The monoisotopic (exact) mass is 452 g/mol. The molecule has 0 spiro atoms. The molecule has 1 heterocycles. The van der Waals surface area contributed by atoms with Crippen LogP contribution in [0.5, 0.6) is 0 Å². The van der Waals surface area contributed by atoms with Crippen LogP contribution in [0.2, 0.25) is 5.02 Å². The molecule has 2 atom stereocenters. The highest BCUT2D eigenvalue weighted by molar-refractivity contribution is 6.30. The molecule has 2 aromatic rings. The predicted octanol–water partition coefficient (Wildman–Crippen LogP) is 4.78. The third-order valence-corrected chi connectivity index (χ3v) is 6.26. The van der Waals surface area contributed by atoms with Gasteiger partial charge in [-0.1, -0.05) is 35.9 Å². The molecule has 32 heavy (non-hydrogen) atoms. The SMILES string of the molecule is COC(=O)C1=C(C)NC2=C(C(=O)C[C@H](c3ccc(Cl)cc3)C2)[C@H]1c1ccc([N+](=O)[O-])cc1. The van der Waals surface area contributed by atoms with Crippen molar-refractivity contribution in [1.29, 1.82) is 0 Å². The lowest BCUT2D eigenvalue weighted by molar-refractivity contribution is -0.384. The van der Waals surface area contributed by atoms with Gasteiger partial charge >= 0.3 is 5.97 Å². The minimum absolute atomic E-state index is 0.0176. The lowest BCUT2D eigenvalue weighted by Gasteiger charge is -2.36. The highest BCUT2D eigenvalue weighted by Gasteiger charge is 2.41. The van der Waals surface area contributed by atoms with Crippen molar-refractivity contribution in [2.45, 2.75) is 31.6 Å². The molecule has 0 saturated heterocycles. The quantitative estimate of drug-likeness (QED) is 0.407. The summed E-state index contributed by atoms with van der Waals surface area (Å²) in [6, 6.07) is 13.4. The van der Waals surface area contributed by atoms with E-state index in [4.69, 9.17) is 16.3 Å². The van der Waals surface area contributed by atoms with E-state index in [1.165, 1.54) is 19.2 Å². The van der Waals surface area contributed by atoms with Crippen LogP contribution in [0.3, 0.4) is 0 Å². The molecule has 0 bridgehead atoms. The second kappa shape index (κ2) is 8.59. The van der Waals surface area contributed by atoms with E-state index in [1.807, 2.05) is 12.1 Å². The summed E-state index contributed by atoms with van der Waals surface area (Å²) in [5, 5.41) is 15.0. The number of nitrogens with zero attached hydrogens (tertiary/aromatic N) is 1. The molecule has 1 aliphatic carbocycles. The van der Waals surface area contributed by atoms with E-state index < -0.39 is 16.8 Å². The fourth-order valence-electron chi connectivity index (χ4n) is 4.51. The number of nitro benzene ring substituents is 1. The van der Waals surface area contributed by atoms with Crippen molar-refractivity contribution < 1.29 is 19.2 Å². The molecule has 0 fully saturated rings.